The number of rotatable bonds is 9. The molecular weight excluding hydrogens is 292 g/mol. The highest BCUT2D eigenvalue weighted by molar-refractivity contribution is 5.45. The van der Waals surface area contributed by atoms with E-state index in [0.717, 1.165) is 17.9 Å². The SMILES string of the molecule is C=CCOc1cc(OCc2ccccc2)ccc1OCC1CO1. The van der Waals surface area contributed by atoms with Crippen molar-refractivity contribution in [1.82, 2.24) is 0 Å². The Balaban J connectivity index is 1.65. The van der Waals surface area contributed by atoms with Gasteiger partial charge in [0.2, 0.25) is 0 Å². The predicted octanol–water partition coefficient (Wildman–Crippen LogP) is 3.61. The molecule has 1 aliphatic heterocycles. The van der Waals surface area contributed by atoms with Crippen LogP contribution in [-0.2, 0) is 11.3 Å². The van der Waals surface area contributed by atoms with Crippen LogP contribution in [0.2, 0.25) is 0 Å². The van der Waals surface area contributed by atoms with E-state index in [9.17, 15) is 0 Å². The lowest BCUT2D eigenvalue weighted by molar-refractivity contribution is 0.245. The van der Waals surface area contributed by atoms with Crippen molar-refractivity contribution in [3.63, 3.8) is 0 Å². The Kier molecular flexibility index (Phi) is 5.17. The van der Waals surface area contributed by atoms with Crippen molar-refractivity contribution in [2.24, 2.45) is 0 Å². The van der Waals surface area contributed by atoms with Crippen molar-refractivity contribution in [2.45, 2.75) is 12.7 Å². The van der Waals surface area contributed by atoms with Crippen molar-refractivity contribution in [3.8, 4) is 17.2 Å². The first-order valence-electron chi connectivity index (χ1n) is 7.64. The maximum Gasteiger partial charge on any atom is 0.165 e. The van der Waals surface area contributed by atoms with E-state index in [-0.39, 0.29) is 6.10 Å². The Morgan fingerprint density at radius 2 is 1.87 bits per heavy atom. The minimum absolute atomic E-state index is 0.205. The van der Waals surface area contributed by atoms with Gasteiger partial charge in [-0.15, -0.1) is 0 Å². The highest BCUT2D eigenvalue weighted by atomic mass is 16.6. The molecule has 1 aliphatic rings. The first-order valence-corrected chi connectivity index (χ1v) is 7.64. The molecule has 0 N–H and O–H groups in total. The second kappa shape index (κ2) is 7.70. The number of benzene rings is 2. The average molecular weight is 312 g/mol. The molecule has 0 bridgehead atoms. The number of hydrogen-bond acceptors (Lipinski definition) is 4. The molecule has 0 radical (unpaired) electrons. The molecule has 23 heavy (non-hydrogen) atoms. The molecule has 0 aromatic heterocycles. The molecule has 1 atom stereocenters. The molecule has 1 saturated heterocycles. The molecule has 0 spiro atoms. The van der Waals surface area contributed by atoms with E-state index < -0.39 is 0 Å². The molecule has 1 heterocycles. The topological polar surface area (TPSA) is 40.2 Å². The predicted molar refractivity (Wildman–Crippen MR) is 88.1 cm³/mol. The third-order valence-corrected chi connectivity index (χ3v) is 3.35. The van der Waals surface area contributed by atoms with Gasteiger partial charge in [-0.1, -0.05) is 43.0 Å². The van der Waals surface area contributed by atoms with E-state index in [2.05, 4.69) is 6.58 Å². The molecule has 0 amide bonds. The van der Waals surface area contributed by atoms with Crippen molar-refractivity contribution < 1.29 is 18.9 Å². The zero-order valence-corrected chi connectivity index (χ0v) is 12.9. The van der Waals surface area contributed by atoms with Gasteiger partial charge in [-0.25, -0.2) is 0 Å². The normalized spacial score (nSPS) is 15.7. The Morgan fingerprint density at radius 1 is 1.04 bits per heavy atom. The first kappa shape index (κ1) is 15.4. The van der Waals surface area contributed by atoms with Crippen LogP contribution in [0.3, 0.4) is 0 Å². The van der Waals surface area contributed by atoms with E-state index in [4.69, 9.17) is 18.9 Å². The minimum atomic E-state index is 0.205. The van der Waals surface area contributed by atoms with E-state index in [1.165, 1.54) is 0 Å². The molecule has 1 fully saturated rings. The molecule has 2 aromatic carbocycles. The summed E-state index contributed by atoms with van der Waals surface area (Å²) in [4.78, 5) is 0. The summed E-state index contributed by atoms with van der Waals surface area (Å²) in [6, 6.07) is 15.6. The molecule has 120 valence electrons. The van der Waals surface area contributed by atoms with Gasteiger partial charge in [0.1, 0.15) is 31.7 Å². The third-order valence-electron chi connectivity index (χ3n) is 3.35. The van der Waals surface area contributed by atoms with Gasteiger partial charge in [0, 0.05) is 6.07 Å². The third kappa shape index (κ3) is 4.76. The second-order valence-electron chi connectivity index (χ2n) is 5.25. The average Bonchev–Trinajstić information content (AvgIpc) is 3.42. The van der Waals surface area contributed by atoms with E-state index in [0.29, 0.717) is 31.3 Å². The smallest absolute Gasteiger partial charge is 0.165 e. The first-order chi connectivity index (χ1) is 11.3. The van der Waals surface area contributed by atoms with Crippen LogP contribution in [0, 0.1) is 0 Å². The van der Waals surface area contributed by atoms with Gasteiger partial charge in [0.15, 0.2) is 11.5 Å². The van der Waals surface area contributed by atoms with E-state index in [1.807, 2.05) is 48.5 Å². The van der Waals surface area contributed by atoms with Gasteiger partial charge in [0.25, 0.3) is 0 Å². The van der Waals surface area contributed by atoms with Gasteiger partial charge in [-0.3, -0.25) is 0 Å². The van der Waals surface area contributed by atoms with Crippen molar-refractivity contribution >= 4 is 0 Å². The van der Waals surface area contributed by atoms with E-state index in [1.54, 1.807) is 6.08 Å². The van der Waals surface area contributed by atoms with Gasteiger partial charge < -0.3 is 18.9 Å². The lowest BCUT2D eigenvalue weighted by atomic mass is 10.2. The van der Waals surface area contributed by atoms with Crippen LogP contribution < -0.4 is 14.2 Å². The molecular formula is C19H20O4. The maximum absolute atomic E-state index is 5.82. The van der Waals surface area contributed by atoms with Crippen LogP contribution in [0.4, 0.5) is 0 Å². The monoisotopic (exact) mass is 312 g/mol. The summed E-state index contributed by atoms with van der Waals surface area (Å²) in [6.07, 6.45) is 1.90. The standard InChI is InChI=1S/C19H20O4/c1-2-10-20-19-11-16(21-12-15-6-4-3-5-7-15)8-9-18(19)23-14-17-13-22-17/h2-9,11,17H,1,10,12-14H2. The Bertz CT molecular complexity index is 635. The maximum atomic E-state index is 5.82. The highest BCUT2D eigenvalue weighted by Crippen LogP contribution is 2.32. The lowest BCUT2D eigenvalue weighted by Gasteiger charge is -2.13. The summed E-state index contributed by atoms with van der Waals surface area (Å²) in [5, 5.41) is 0. The van der Waals surface area contributed by atoms with Crippen LogP contribution in [0.1, 0.15) is 5.56 Å². The summed E-state index contributed by atoms with van der Waals surface area (Å²) in [6.45, 7) is 5.90. The quantitative estimate of drug-likeness (QED) is 0.524. The largest absolute Gasteiger partial charge is 0.489 e. The van der Waals surface area contributed by atoms with Crippen molar-refractivity contribution in [3.05, 3.63) is 66.7 Å². The Labute approximate surface area is 136 Å². The highest BCUT2D eigenvalue weighted by Gasteiger charge is 2.23. The summed E-state index contributed by atoms with van der Waals surface area (Å²) in [5.41, 5.74) is 1.12. The van der Waals surface area contributed by atoms with Gasteiger partial charge in [-0.2, -0.15) is 0 Å². The van der Waals surface area contributed by atoms with Gasteiger partial charge in [0.05, 0.1) is 6.61 Å². The number of epoxide rings is 1. The summed E-state index contributed by atoms with van der Waals surface area (Å²) in [5.74, 6) is 2.08. The number of ether oxygens (including phenoxy) is 4. The molecule has 3 rings (SSSR count). The minimum Gasteiger partial charge on any atom is -0.489 e. The molecule has 0 saturated carbocycles. The fourth-order valence-electron chi connectivity index (χ4n) is 2.05. The summed E-state index contributed by atoms with van der Waals surface area (Å²) in [7, 11) is 0. The zero-order chi connectivity index (χ0) is 15.9. The zero-order valence-electron chi connectivity index (χ0n) is 12.9. The molecule has 0 aliphatic carbocycles. The Hall–Kier alpha value is -2.46. The van der Waals surface area contributed by atoms with Gasteiger partial charge >= 0.3 is 0 Å². The molecule has 4 heteroatoms. The van der Waals surface area contributed by atoms with Crippen LogP contribution in [0.25, 0.3) is 0 Å². The van der Waals surface area contributed by atoms with Crippen LogP contribution in [0.15, 0.2) is 61.2 Å². The summed E-state index contributed by atoms with van der Waals surface area (Å²) < 4.78 is 22.4. The van der Waals surface area contributed by atoms with Crippen LogP contribution in [-0.4, -0.2) is 25.9 Å². The lowest BCUT2D eigenvalue weighted by Crippen LogP contribution is -2.06. The van der Waals surface area contributed by atoms with Crippen molar-refractivity contribution in [2.75, 3.05) is 19.8 Å². The molecule has 4 nitrogen and oxygen atoms in total. The molecule has 1 unspecified atom stereocenters. The number of hydrogen-bond donors (Lipinski definition) is 0. The second-order valence-corrected chi connectivity index (χ2v) is 5.25. The molecule has 2 aromatic rings. The van der Waals surface area contributed by atoms with Gasteiger partial charge in [-0.05, 0) is 17.7 Å². The van der Waals surface area contributed by atoms with Crippen molar-refractivity contribution in [1.29, 1.82) is 0 Å². The van der Waals surface area contributed by atoms with E-state index >= 15 is 0 Å². The Morgan fingerprint density at radius 3 is 2.61 bits per heavy atom. The van der Waals surface area contributed by atoms with Crippen LogP contribution in [0.5, 0.6) is 17.2 Å². The fraction of sp³-hybridized carbons (Fsp3) is 0.263. The van der Waals surface area contributed by atoms with Crippen LogP contribution >= 0.6 is 0 Å². The summed E-state index contributed by atoms with van der Waals surface area (Å²) >= 11 is 0. The fourth-order valence-corrected chi connectivity index (χ4v) is 2.05.